The second kappa shape index (κ2) is 9.65. The minimum Gasteiger partial charge on any atom is -0.475 e. The van der Waals surface area contributed by atoms with Crippen LogP contribution in [0.5, 0.6) is 5.88 Å². The maximum atomic E-state index is 10.6. The summed E-state index contributed by atoms with van der Waals surface area (Å²) < 4.78 is 37.8. The number of H-pyrrole nitrogens is 1. The van der Waals surface area contributed by atoms with Crippen molar-refractivity contribution < 1.29 is 27.8 Å². The van der Waals surface area contributed by atoms with Gasteiger partial charge in [-0.2, -0.15) is 18.4 Å². The number of carbonyl (C=O) groups is 1. The lowest BCUT2D eigenvalue weighted by atomic mass is 10.1. The number of halogens is 3. The Bertz CT molecular complexity index is 1150. The third kappa shape index (κ3) is 5.33. The van der Waals surface area contributed by atoms with Gasteiger partial charge in [0, 0.05) is 16.5 Å². The number of nitrogens with one attached hydrogen (secondary N) is 2. The van der Waals surface area contributed by atoms with Gasteiger partial charge in [-0.25, -0.2) is 14.8 Å². The molecule has 1 fully saturated rings. The Morgan fingerprint density at radius 1 is 1.28 bits per heavy atom. The summed E-state index contributed by atoms with van der Waals surface area (Å²) in [5.74, 6) is -2.18. The molecule has 168 valence electrons. The second-order valence-electron chi connectivity index (χ2n) is 7.05. The predicted octanol–water partition coefficient (Wildman–Crippen LogP) is 3.57. The van der Waals surface area contributed by atoms with E-state index < -0.39 is 12.1 Å². The van der Waals surface area contributed by atoms with E-state index in [2.05, 4.69) is 26.3 Å². The Balaban J connectivity index is 0.000000360. The van der Waals surface area contributed by atoms with Gasteiger partial charge in [-0.15, -0.1) is 0 Å². The van der Waals surface area contributed by atoms with E-state index in [9.17, 15) is 18.4 Å². The van der Waals surface area contributed by atoms with Crippen molar-refractivity contribution in [1.29, 1.82) is 5.26 Å². The monoisotopic (exact) mass is 447 g/mol. The molecule has 0 saturated carbocycles. The maximum absolute atomic E-state index is 10.6. The van der Waals surface area contributed by atoms with Crippen molar-refractivity contribution >= 4 is 16.9 Å². The summed E-state index contributed by atoms with van der Waals surface area (Å²) in [4.78, 5) is 21.2. The number of ether oxygens (including phenoxy) is 1. The Hall–Kier alpha value is -3.65. The number of nitrogens with zero attached hydrogens (tertiary/aromatic N) is 3. The number of aromatic amines is 1. The number of rotatable bonds is 3. The quantitative estimate of drug-likeness (QED) is 0.561. The highest BCUT2D eigenvalue weighted by atomic mass is 19.4. The number of aryl methyl sites for hydroxylation is 1. The molecule has 0 amide bonds. The van der Waals surface area contributed by atoms with E-state index in [1.807, 2.05) is 31.2 Å². The van der Waals surface area contributed by atoms with Gasteiger partial charge in [-0.1, -0.05) is 18.2 Å². The van der Waals surface area contributed by atoms with E-state index in [1.165, 1.54) is 0 Å². The molecule has 0 aliphatic carbocycles. The summed E-state index contributed by atoms with van der Waals surface area (Å²) in [5, 5.41) is 20.9. The average Bonchev–Trinajstić information content (AvgIpc) is 3.14. The van der Waals surface area contributed by atoms with Gasteiger partial charge in [0.1, 0.15) is 23.6 Å². The molecule has 0 radical (unpaired) electrons. The van der Waals surface area contributed by atoms with E-state index in [4.69, 9.17) is 14.6 Å². The van der Waals surface area contributed by atoms with Crippen LogP contribution in [0, 0.1) is 18.3 Å². The number of hydrogen-bond donors (Lipinski definition) is 3. The van der Waals surface area contributed by atoms with Gasteiger partial charge in [0.2, 0.25) is 5.88 Å². The molecule has 0 atom stereocenters. The first-order valence-electron chi connectivity index (χ1n) is 9.73. The predicted molar refractivity (Wildman–Crippen MR) is 109 cm³/mol. The number of fused-ring (bicyclic) bond motifs is 1. The molecule has 11 heteroatoms. The van der Waals surface area contributed by atoms with Crippen LogP contribution in [0.25, 0.3) is 22.2 Å². The van der Waals surface area contributed by atoms with Crippen molar-refractivity contribution in [2.75, 3.05) is 13.1 Å². The largest absolute Gasteiger partial charge is 0.490 e. The number of nitriles is 1. The van der Waals surface area contributed by atoms with Gasteiger partial charge < -0.3 is 20.1 Å². The molecule has 0 bridgehead atoms. The van der Waals surface area contributed by atoms with Crippen LogP contribution < -0.4 is 10.1 Å². The Labute approximate surface area is 181 Å². The van der Waals surface area contributed by atoms with E-state index in [-0.39, 0.29) is 6.10 Å². The van der Waals surface area contributed by atoms with E-state index in [1.54, 1.807) is 6.20 Å². The Morgan fingerprint density at radius 2 is 1.94 bits per heavy atom. The van der Waals surface area contributed by atoms with E-state index >= 15 is 0 Å². The minimum atomic E-state index is -5.08. The topological polar surface area (TPSA) is 124 Å². The molecule has 32 heavy (non-hydrogen) atoms. The molecule has 4 rings (SSSR count). The molecule has 1 aliphatic rings. The van der Waals surface area contributed by atoms with Crippen molar-refractivity contribution in [3.05, 3.63) is 41.9 Å². The lowest BCUT2D eigenvalue weighted by Gasteiger charge is -2.23. The minimum absolute atomic E-state index is 0.183. The standard InChI is InChI=1S/C19H19N5O.C2HF3O2/c1-12-19(25-13-6-8-21-9-7-13)22-11-17(23-12)18-14-4-2-3-5-15(14)24-16(18)10-20;3-2(4,5)1(6)7/h2-5,11,13,21,24H,6-9H2,1H3;(H,6,7). The summed E-state index contributed by atoms with van der Waals surface area (Å²) in [6, 6.07) is 10.1. The molecule has 0 spiro atoms. The SMILES string of the molecule is Cc1nc(-c2c(C#N)[nH]c3ccccc23)cnc1OC1CCNCC1.O=C(O)C(F)(F)F. The molecule has 0 unspecified atom stereocenters. The van der Waals surface area contributed by atoms with E-state index in [0.29, 0.717) is 17.3 Å². The number of aliphatic carboxylic acids is 1. The lowest BCUT2D eigenvalue weighted by molar-refractivity contribution is -0.192. The number of para-hydroxylation sites is 1. The fourth-order valence-corrected chi connectivity index (χ4v) is 3.27. The van der Waals surface area contributed by atoms with Crippen LogP contribution in [0.15, 0.2) is 30.5 Å². The summed E-state index contributed by atoms with van der Waals surface area (Å²) in [6.07, 6.45) is -1.25. The molecular formula is C21H20F3N5O3. The third-order valence-electron chi connectivity index (χ3n) is 4.78. The van der Waals surface area contributed by atoms with Crippen LogP contribution in [0.4, 0.5) is 13.2 Å². The molecule has 3 aromatic rings. The van der Waals surface area contributed by atoms with Gasteiger partial charge in [0.05, 0.1) is 11.9 Å². The highest BCUT2D eigenvalue weighted by molar-refractivity contribution is 5.97. The number of hydrogen-bond acceptors (Lipinski definition) is 6. The number of carboxylic acid groups (broad SMARTS) is 1. The number of carboxylic acids is 1. The summed E-state index contributed by atoms with van der Waals surface area (Å²) in [5.41, 5.74) is 3.64. The number of aromatic nitrogens is 3. The van der Waals surface area contributed by atoms with Gasteiger partial charge >= 0.3 is 12.1 Å². The van der Waals surface area contributed by atoms with Crippen molar-refractivity contribution in [2.24, 2.45) is 0 Å². The van der Waals surface area contributed by atoms with Crippen LogP contribution in [-0.2, 0) is 4.79 Å². The fourth-order valence-electron chi connectivity index (χ4n) is 3.27. The van der Waals surface area contributed by atoms with Crippen molar-refractivity contribution in [1.82, 2.24) is 20.3 Å². The molecule has 1 aliphatic heterocycles. The zero-order valence-electron chi connectivity index (χ0n) is 17.0. The highest BCUT2D eigenvalue weighted by Crippen LogP contribution is 2.31. The first-order chi connectivity index (χ1) is 15.2. The summed E-state index contributed by atoms with van der Waals surface area (Å²) >= 11 is 0. The number of benzene rings is 1. The van der Waals surface area contributed by atoms with Crippen LogP contribution in [0.1, 0.15) is 24.2 Å². The van der Waals surface area contributed by atoms with Crippen LogP contribution in [0.3, 0.4) is 0 Å². The normalized spacial score (nSPS) is 14.3. The van der Waals surface area contributed by atoms with Crippen LogP contribution >= 0.6 is 0 Å². The molecule has 1 saturated heterocycles. The molecule has 3 heterocycles. The van der Waals surface area contributed by atoms with Gasteiger partial charge in [-0.3, -0.25) is 0 Å². The number of piperidine rings is 1. The van der Waals surface area contributed by atoms with E-state index in [0.717, 1.165) is 48.1 Å². The van der Waals surface area contributed by atoms with Crippen molar-refractivity contribution in [3.63, 3.8) is 0 Å². The molecule has 1 aromatic carbocycles. The molecule has 8 nitrogen and oxygen atoms in total. The van der Waals surface area contributed by atoms with Gasteiger partial charge in [0.15, 0.2) is 0 Å². The summed E-state index contributed by atoms with van der Waals surface area (Å²) in [7, 11) is 0. The average molecular weight is 447 g/mol. The third-order valence-corrected chi connectivity index (χ3v) is 4.78. The van der Waals surface area contributed by atoms with Crippen molar-refractivity contribution in [2.45, 2.75) is 32.0 Å². The van der Waals surface area contributed by atoms with Crippen LogP contribution in [0.2, 0.25) is 0 Å². The summed E-state index contributed by atoms with van der Waals surface area (Å²) in [6.45, 7) is 3.83. The van der Waals surface area contributed by atoms with Gasteiger partial charge in [0.25, 0.3) is 0 Å². The van der Waals surface area contributed by atoms with Crippen LogP contribution in [-0.4, -0.2) is 51.4 Å². The zero-order chi connectivity index (χ0) is 23.3. The molecular weight excluding hydrogens is 427 g/mol. The lowest BCUT2D eigenvalue weighted by Crippen LogP contribution is -2.34. The highest BCUT2D eigenvalue weighted by Gasteiger charge is 2.38. The second-order valence-corrected chi connectivity index (χ2v) is 7.05. The molecule has 2 aromatic heterocycles. The first kappa shape index (κ1) is 23.0. The molecule has 3 N–H and O–H groups in total. The zero-order valence-corrected chi connectivity index (χ0v) is 17.0. The Kier molecular flexibility index (Phi) is 6.95. The van der Waals surface area contributed by atoms with Gasteiger partial charge in [-0.05, 0) is 38.9 Å². The maximum Gasteiger partial charge on any atom is 0.490 e. The Morgan fingerprint density at radius 3 is 2.53 bits per heavy atom. The van der Waals surface area contributed by atoms with Crippen molar-refractivity contribution in [3.8, 4) is 23.2 Å². The smallest absolute Gasteiger partial charge is 0.475 e. The number of alkyl halides is 3. The first-order valence-corrected chi connectivity index (χ1v) is 9.73. The fraction of sp³-hybridized carbons (Fsp3) is 0.333.